The van der Waals surface area contributed by atoms with Crippen LogP contribution in [0.2, 0.25) is 0 Å². The van der Waals surface area contributed by atoms with Gasteiger partial charge in [-0.25, -0.2) is 13.1 Å². The number of carbonyl (C=O) groups is 1. The van der Waals surface area contributed by atoms with Gasteiger partial charge in [-0.3, -0.25) is 14.6 Å². The SMILES string of the molecule is Cc1[nH]ncc1CNS(=O)(=O)c1cnn(CC(=O)O)c1. The minimum atomic E-state index is -3.74. The lowest BCUT2D eigenvalue weighted by Gasteiger charge is -2.03. The minimum absolute atomic E-state index is 0.0834. The summed E-state index contributed by atoms with van der Waals surface area (Å²) in [5, 5.41) is 18.8. The van der Waals surface area contributed by atoms with Gasteiger partial charge in [-0.1, -0.05) is 0 Å². The summed E-state index contributed by atoms with van der Waals surface area (Å²) in [6.45, 7) is 1.48. The van der Waals surface area contributed by atoms with Crippen LogP contribution in [0.4, 0.5) is 0 Å². The first-order valence-corrected chi connectivity index (χ1v) is 7.09. The zero-order valence-corrected chi connectivity index (χ0v) is 11.4. The molecule has 0 unspecified atom stereocenters. The number of carboxylic acids is 1. The lowest BCUT2D eigenvalue weighted by Crippen LogP contribution is -2.23. The monoisotopic (exact) mass is 299 g/mol. The maximum Gasteiger partial charge on any atom is 0.325 e. The number of aromatic nitrogens is 4. The van der Waals surface area contributed by atoms with Gasteiger partial charge < -0.3 is 5.11 Å². The van der Waals surface area contributed by atoms with Gasteiger partial charge in [0.25, 0.3) is 0 Å². The predicted molar refractivity (Wildman–Crippen MR) is 67.2 cm³/mol. The highest BCUT2D eigenvalue weighted by molar-refractivity contribution is 7.89. The molecule has 0 amide bonds. The first-order valence-electron chi connectivity index (χ1n) is 5.61. The molecule has 0 saturated carbocycles. The normalized spacial score (nSPS) is 11.7. The Morgan fingerprint density at radius 3 is 2.85 bits per heavy atom. The van der Waals surface area contributed by atoms with Crippen LogP contribution in [0.25, 0.3) is 0 Å². The summed E-state index contributed by atoms with van der Waals surface area (Å²) < 4.78 is 27.4. The summed E-state index contributed by atoms with van der Waals surface area (Å²) in [4.78, 5) is 10.4. The van der Waals surface area contributed by atoms with Crippen LogP contribution in [-0.2, 0) is 27.9 Å². The predicted octanol–water partition coefficient (Wildman–Crippen LogP) is -0.522. The van der Waals surface area contributed by atoms with Crippen molar-refractivity contribution in [3.05, 3.63) is 29.8 Å². The number of nitrogens with zero attached hydrogens (tertiary/aromatic N) is 3. The van der Waals surface area contributed by atoms with E-state index in [1.165, 1.54) is 12.4 Å². The van der Waals surface area contributed by atoms with Crippen molar-refractivity contribution in [2.24, 2.45) is 0 Å². The molecule has 0 atom stereocenters. The Labute approximate surface area is 114 Å². The quantitative estimate of drug-likeness (QED) is 0.658. The number of aromatic amines is 1. The van der Waals surface area contributed by atoms with Gasteiger partial charge in [-0.15, -0.1) is 0 Å². The molecule has 2 aromatic heterocycles. The number of hydrogen-bond acceptors (Lipinski definition) is 5. The molecular formula is C10H13N5O4S. The highest BCUT2D eigenvalue weighted by atomic mass is 32.2. The highest BCUT2D eigenvalue weighted by Gasteiger charge is 2.17. The van der Waals surface area contributed by atoms with Crippen molar-refractivity contribution in [2.45, 2.75) is 24.9 Å². The van der Waals surface area contributed by atoms with Gasteiger partial charge in [-0.2, -0.15) is 10.2 Å². The van der Waals surface area contributed by atoms with E-state index in [4.69, 9.17) is 5.11 Å². The highest BCUT2D eigenvalue weighted by Crippen LogP contribution is 2.09. The largest absolute Gasteiger partial charge is 0.480 e. The van der Waals surface area contributed by atoms with Gasteiger partial charge in [0.05, 0.1) is 12.4 Å². The summed E-state index contributed by atoms with van der Waals surface area (Å²) in [6.07, 6.45) is 3.80. The standard InChI is InChI=1S/C10H13N5O4S/c1-7-8(2-11-14-7)3-13-20(18,19)9-4-12-15(5-9)6-10(16)17/h2,4-5,13H,3,6H2,1H3,(H,11,14)(H,16,17). The fourth-order valence-electron chi connectivity index (χ4n) is 1.52. The molecule has 0 aliphatic rings. The number of aryl methyl sites for hydroxylation is 1. The van der Waals surface area contributed by atoms with Gasteiger partial charge in [0, 0.05) is 24.0 Å². The molecular weight excluding hydrogens is 286 g/mol. The van der Waals surface area contributed by atoms with Crippen molar-refractivity contribution in [3.63, 3.8) is 0 Å². The molecule has 108 valence electrons. The van der Waals surface area contributed by atoms with Crippen molar-refractivity contribution >= 4 is 16.0 Å². The molecule has 0 spiro atoms. The molecule has 20 heavy (non-hydrogen) atoms. The topological polar surface area (TPSA) is 130 Å². The van der Waals surface area contributed by atoms with Gasteiger partial charge >= 0.3 is 5.97 Å². The van der Waals surface area contributed by atoms with Gasteiger partial charge in [-0.05, 0) is 6.92 Å². The van der Waals surface area contributed by atoms with E-state index in [2.05, 4.69) is 20.0 Å². The summed E-state index contributed by atoms with van der Waals surface area (Å²) in [5.74, 6) is -1.10. The van der Waals surface area contributed by atoms with Crippen molar-refractivity contribution in [1.82, 2.24) is 24.7 Å². The Balaban J connectivity index is 2.08. The zero-order chi connectivity index (χ0) is 14.8. The van der Waals surface area contributed by atoms with Crippen LogP contribution >= 0.6 is 0 Å². The van der Waals surface area contributed by atoms with E-state index in [0.29, 0.717) is 0 Å². The van der Waals surface area contributed by atoms with E-state index >= 15 is 0 Å². The van der Waals surface area contributed by atoms with Crippen LogP contribution in [0.3, 0.4) is 0 Å². The van der Waals surface area contributed by atoms with Crippen molar-refractivity contribution in [3.8, 4) is 0 Å². The zero-order valence-electron chi connectivity index (χ0n) is 10.6. The fraction of sp³-hybridized carbons (Fsp3) is 0.300. The third-order valence-electron chi connectivity index (χ3n) is 2.60. The van der Waals surface area contributed by atoms with Crippen LogP contribution in [0.5, 0.6) is 0 Å². The first-order chi connectivity index (χ1) is 9.38. The third kappa shape index (κ3) is 3.22. The Hall–Kier alpha value is -2.20. The maximum atomic E-state index is 12.0. The summed E-state index contributed by atoms with van der Waals surface area (Å²) in [6, 6.07) is 0. The van der Waals surface area contributed by atoms with E-state index in [-0.39, 0.29) is 11.4 Å². The molecule has 0 aliphatic heterocycles. The molecule has 0 aromatic carbocycles. The second kappa shape index (κ2) is 5.43. The number of hydrogen-bond donors (Lipinski definition) is 3. The number of sulfonamides is 1. The number of nitrogens with one attached hydrogen (secondary N) is 2. The third-order valence-corrected chi connectivity index (χ3v) is 3.96. The van der Waals surface area contributed by atoms with E-state index in [1.54, 1.807) is 6.92 Å². The number of carboxylic acid groups (broad SMARTS) is 1. The van der Waals surface area contributed by atoms with E-state index in [0.717, 1.165) is 22.1 Å². The molecule has 0 fully saturated rings. The number of rotatable bonds is 6. The molecule has 0 aliphatic carbocycles. The minimum Gasteiger partial charge on any atom is -0.480 e. The van der Waals surface area contributed by atoms with Crippen LogP contribution < -0.4 is 4.72 Å². The summed E-state index contributed by atoms with van der Waals surface area (Å²) in [7, 11) is -3.74. The Morgan fingerprint density at radius 2 is 2.25 bits per heavy atom. The fourth-order valence-corrected chi connectivity index (χ4v) is 2.48. The lowest BCUT2D eigenvalue weighted by atomic mass is 10.3. The van der Waals surface area contributed by atoms with Crippen molar-refractivity contribution in [2.75, 3.05) is 0 Å². The molecule has 9 nitrogen and oxygen atoms in total. The van der Waals surface area contributed by atoms with Crippen LogP contribution in [0, 0.1) is 6.92 Å². The lowest BCUT2D eigenvalue weighted by molar-refractivity contribution is -0.137. The van der Waals surface area contributed by atoms with Crippen LogP contribution in [-0.4, -0.2) is 39.5 Å². The smallest absolute Gasteiger partial charge is 0.325 e. The maximum absolute atomic E-state index is 12.0. The van der Waals surface area contributed by atoms with E-state index in [1.807, 2.05) is 0 Å². The number of aliphatic carboxylic acids is 1. The van der Waals surface area contributed by atoms with E-state index < -0.39 is 22.5 Å². The molecule has 0 radical (unpaired) electrons. The molecule has 10 heteroatoms. The average molecular weight is 299 g/mol. The Morgan fingerprint density at radius 1 is 1.50 bits per heavy atom. The molecule has 2 rings (SSSR count). The first kappa shape index (κ1) is 14.2. The number of H-pyrrole nitrogens is 1. The second-order valence-electron chi connectivity index (χ2n) is 4.11. The Bertz CT molecular complexity index is 718. The molecule has 3 N–H and O–H groups in total. The Kier molecular flexibility index (Phi) is 3.86. The van der Waals surface area contributed by atoms with Crippen molar-refractivity contribution < 1.29 is 18.3 Å². The second-order valence-corrected chi connectivity index (χ2v) is 5.88. The van der Waals surface area contributed by atoms with Crippen molar-refractivity contribution in [1.29, 1.82) is 0 Å². The average Bonchev–Trinajstić information content (AvgIpc) is 2.95. The van der Waals surface area contributed by atoms with Gasteiger partial charge in [0.1, 0.15) is 11.4 Å². The van der Waals surface area contributed by atoms with Crippen LogP contribution in [0.15, 0.2) is 23.5 Å². The molecule has 0 bridgehead atoms. The van der Waals surface area contributed by atoms with Crippen LogP contribution in [0.1, 0.15) is 11.3 Å². The molecule has 2 heterocycles. The van der Waals surface area contributed by atoms with Gasteiger partial charge in [0.15, 0.2) is 0 Å². The summed E-state index contributed by atoms with van der Waals surface area (Å²) >= 11 is 0. The van der Waals surface area contributed by atoms with E-state index in [9.17, 15) is 13.2 Å². The summed E-state index contributed by atoms with van der Waals surface area (Å²) in [5.41, 5.74) is 1.50. The van der Waals surface area contributed by atoms with Gasteiger partial charge in [0.2, 0.25) is 10.0 Å². The molecule has 2 aromatic rings. The molecule has 0 saturated heterocycles.